The molecule has 1 N–H and O–H groups in total. The van der Waals surface area contributed by atoms with Gasteiger partial charge < -0.3 is 24.1 Å². The zero-order chi connectivity index (χ0) is 18.6. The van der Waals surface area contributed by atoms with Crippen molar-refractivity contribution >= 4 is 11.9 Å². The van der Waals surface area contributed by atoms with E-state index in [0.717, 1.165) is 18.4 Å². The fourth-order valence-electron chi connectivity index (χ4n) is 4.09. The van der Waals surface area contributed by atoms with E-state index in [4.69, 9.17) is 18.9 Å². The Bertz CT molecular complexity index is 723. The molecule has 1 unspecified atom stereocenters. The second-order valence-corrected chi connectivity index (χ2v) is 7.44. The second-order valence-electron chi connectivity index (χ2n) is 7.44. The van der Waals surface area contributed by atoms with Crippen molar-refractivity contribution in [3.8, 4) is 0 Å². The molecule has 5 rings (SSSR count). The number of epoxide rings is 1. The smallest absolute Gasteiger partial charge is 0.334 e. The topological polar surface area (TPSA) is 94.6 Å². The van der Waals surface area contributed by atoms with Gasteiger partial charge in [-0.25, -0.2) is 9.59 Å². The maximum Gasteiger partial charge on any atom is 0.334 e. The minimum Gasteiger partial charge on any atom is -0.458 e. The minimum atomic E-state index is -1.13. The Morgan fingerprint density at radius 1 is 1.46 bits per heavy atom. The average Bonchev–Trinajstić information content (AvgIpc) is 3.20. The van der Waals surface area contributed by atoms with Gasteiger partial charge in [-0.1, -0.05) is 13.2 Å². The highest BCUT2D eigenvalue weighted by Gasteiger charge is 2.65. The molecule has 26 heavy (non-hydrogen) atoms. The summed E-state index contributed by atoms with van der Waals surface area (Å²) in [5.74, 6) is -1.61. The molecule has 140 valence electrons. The first-order valence-electron chi connectivity index (χ1n) is 8.75. The van der Waals surface area contributed by atoms with Crippen molar-refractivity contribution in [2.45, 2.75) is 56.4 Å². The summed E-state index contributed by atoms with van der Waals surface area (Å²) in [6.45, 7) is 9.24. The molecule has 5 aliphatic rings. The van der Waals surface area contributed by atoms with Gasteiger partial charge in [0.05, 0.1) is 18.6 Å². The number of fused-ring (bicyclic) bond motifs is 4. The van der Waals surface area contributed by atoms with Gasteiger partial charge in [0.1, 0.15) is 17.8 Å². The molecule has 0 radical (unpaired) electrons. The highest BCUT2D eigenvalue weighted by molar-refractivity contribution is 5.91. The summed E-state index contributed by atoms with van der Waals surface area (Å²) in [5, 5.41) is 10.5. The lowest BCUT2D eigenvalue weighted by Crippen LogP contribution is -2.45. The first-order chi connectivity index (χ1) is 12.3. The lowest BCUT2D eigenvalue weighted by molar-refractivity contribution is -0.163. The molecule has 3 fully saturated rings. The molecule has 7 heteroatoms. The van der Waals surface area contributed by atoms with Crippen LogP contribution in [-0.4, -0.2) is 53.9 Å². The van der Waals surface area contributed by atoms with E-state index < -0.39 is 42.0 Å². The molecule has 7 nitrogen and oxygen atoms in total. The quantitative estimate of drug-likeness (QED) is 0.341. The van der Waals surface area contributed by atoms with Crippen LogP contribution in [0.5, 0.6) is 0 Å². The molecule has 0 aromatic heterocycles. The first kappa shape index (κ1) is 17.5. The van der Waals surface area contributed by atoms with Crippen molar-refractivity contribution in [3.63, 3.8) is 0 Å². The van der Waals surface area contributed by atoms with E-state index in [-0.39, 0.29) is 30.3 Å². The van der Waals surface area contributed by atoms with Crippen LogP contribution in [0.25, 0.3) is 0 Å². The van der Waals surface area contributed by atoms with Crippen LogP contribution < -0.4 is 0 Å². The van der Waals surface area contributed by atoms with E-state index in [1.807, 2.05) is 6.08 Å². The SMILES string of the molecule is C=C(C)C(=O)O[C@H]1C[C@]23O[C@@H]2CCC(=C[C@H]2OC(=O)C(=C)[C@H]12)COC3O. The molecular weight excluding hydrogens is 340 g/mol. The third-order valence-electron chi connectivity index (χ3n) is 5.61. The number of hydrogen-bond donors (Lipinski definition) is 1. The predicted molar refractivity (Wildman–Crippen MR) is 88.7 cm³/mol. The third-order valence-corrected chi connectivity index (χ3v) is 5.61. The first-order valence-corrected chi connectivity index (χ1v) is 8.75. The molecule has 0 amide bonds. The second kappa shape index (κ2) is 6.04. The van der Waals surface area contributed by atoms with Crippen LogP contribution in [0.2, 0.25) is 0 Å². The normalized spacial score (nSPS) is 41.3. The average molecular weight is 362 g/mol. The van der Waals surface area contributed by atoms with Crippen molar-refractivity contribution in [3.05, 3.63) is 36.0 Å². The third kappa shape index (κ3) is 2.71. The lowest BCUT2D eigenvalue weighted by Gasteiger charge is -2.33. The lowest BCUT2D eigenvalue weighted by atomic mass is 9.81. The molecule has 0 aromatic carbocycles. The van der Waals surface area contributed by atoms with E-state index >= 15 is 0 Å². The van der Waals surface area contributed by atoms with Crippen LogP contribution in [0.4, 0.5) is 0 Å². The summed E-state index contributed by atoms with van der Waals surface area (Å²) < 4.78 is 22.5. The number of ether oxygens (including phenoxy) is 4. The Hall–Kier alpha value is -1.96. The van der Waals surface area contributed by atoms with Gasteiger partial charge in [0.2, 0.25) is 0 Å². The number of hydrogen-bond acceptors (Lipinski definition) is 7. The summed E-state index contributed by atoms with van der Waals surface area (Å²) >= 11 is 0. The molecule has 3 saturated heterocycles. The zero-order valence-electron chi connectivity index (χ0n) is 14.6. The van der Waals surface area contributed by atoms with Crippen molar-refractivity contribution in [2.75, 3.05) is 6.61 Å². The number of aliphatic hydroxyl groups is 1. The molecule has 2 bridgehead atoms. The van der Waals surface area contributed by atoms with Crippen LogP contribution in [0.3, 0.4) is 0 Å². The Morgan fingerprint density at radius 3 is 2.96 bits per heavy atom. The largest absolute Gasteiger partial charge is 0.458 e. The molecule has 0 aromatic rings. The summed E-state index contributed by atoms with van der Waals surface area (Å²) in [6.07, 6.45) is 0.815. The predicted octanol–water partition coefficient (Wildman–Crippen LogP) is 1.17. The Kier molecular flexibility index (Phi) is 4.06. The number of carbonyl (C=O) groups excluding carboxylic acids is 2. The van der Waals surface area contributed by atoms with Crippen molar-refractivity contribution in [2.24, 2.45) is 5.92 Å². The van der Waals surface area contributed by atoms with Gasteiger partial charge in [-0.05, 0) is 31.4 Å². The molecular formula is C19H22O7. The summed E-state index contributed by atoms with van der Waals surface area (Å²) in [7, 11) is 0. The van der Waals surface area contributed by atoms with Gasteiger partial charge in [-0.2, -0.15) is 0 Å². The fourth-order valence-corrected chi connectivity index (χ4v) is 4.09. The maximum atomic E-state index is 12.2. The highest BCUT2D eigenvalue weighted by Crippen LogP contribution is 2.51. The van der Waals surface area contributed by atoms with Crippen molar-refractivity contribution < 1.29 is 33.6 Å². The van der Waals surface area contributed by atoms with Crippen LogP contribution >= 0.6 is 0 Å². The molecule has 4 heterocycles. The van der Waals surface area contributed by atoms with E-state index in [1.165, 1.54) is 0 Å². The summed E-state index contributed by atoms with van der Waals surface area (Å²) in [4.78, 5) is 24.3. The Balaban J connectivity index is 1.76. The van der Waals surface area contributed by atoms with Crippen molar-refractivity contribution in [1.82, 2.24) is 0 Å². The Morgan fingerprint density at radius 2 is 2.23 bits per heavy atom. The fraction of sp³-hybridized carbons (Fsp3) is 0.579. The van der Waals surface area contributed by atoms with Gasteiger partial charge in [-0.3, -0.25) is 0 Å². The van der Waals surface area contributed by atoms with Gasteiger partial charge in [0.25, 0.3) is 0 Å². The number of esters is 2. The van der Waals surface area contributed by atoms with Crippen LogP contribution in [0.1, 0.15) is 26.2 Å². The Labute approximate surface area is 151 Å². The van der Waals surface area contributed by atoms with Crippen LogP contribution in [-0.2, 0) is 28.5 Å². The van der Waals surface area contributed by atoms with Crippen molar-refractivity contribution in [1.29, 1.82) is 0 Å². The van der Waals surface area contributed by atoms with E-state index in [9.17, 15) is 14.7 Å². The minimum absolute atomic E-state index is 0.185. The molecule has 0 saturated carbocycles. The summed E-state index contributed by atoms with van der Waals surface area (Å²) in [6, 6.07) is 0. The number of aliphatic hydroxyl groups excluding tert-OH is 1. The molecule has 1 aliphatic carbocycles. The van der Waals surface area contributed by atoms with E-state index in [0.29, 0.717) is 0 Å². The van der Waals surface area contributed by atoms with Crippen LogP contribution in [0, 0.1) is 5.92 Å². The zero-order valence-corrected chi connectivity index (χ0v) is 14.6. The molecule has 1 spiro atoms. The van der Waals surface area contributed by atoms with Gasteiger partial charge in [0, 0.05) is 17.6 Å². The molecule has 6 atom stereocenters. The van der Waals surface area contributed by atoms with Gasteiger partial charge in [-0.15, -0.1) is 0 Å². The van der Waals surface area contributed by atoms with Gasteiger partial charge in [0.15, 0.2) is 6.29 Å². The van der Waals surface area contributed by atoms with E-state index in [2.05, 4.69) is 13.2 Å². The maximum absolute atomic E-state index is 12.2. The number of rotatable bonds is 2. The van der Waals surface area contributed by atoms with Crippen LogP contribution in [0.15, 0.2) is 36.0 Å². The monoisotopic (exact) mass is 362 g/mol. The van der Waals surface area contributed by atoms with E-state index in [1.54, 1.807) is 6.92 Å². The molecule has 4 aliphatic heterocycles. The van der Waals surface area contributed by atoms with Gasteiger partial charge >= 0.3 is 11.9 Å². The number of carbonyl (C=O) groups is 2. The standard InChI is InChI=1S/C19H22O7/c1-9(2)16(20)25-13-7-19-14(26-19)5-4-11(8-23-18(19)22)6-12-15(13)10(3)17(21)24-12/h6,12-15,18,22H,1,3-5,7-8H2,2H3/t12-,13+,14-,15+,18?,19+/m1/s1. The summed E-state index contributed by atoms with van der Waals surface area (Å²) in [5.41, 5.74) is 0.475. The highest BCUT2D eigenvalue weighted by atomic mass is 16.7.